The van der Waals surface area contributed by atoms with Crippen LogP contribution in [0.3, 0.4) is 0 Å². The molecule has 0 saturated carbocycles. The molecule has 0 aliphatic heterocycles. The zero-order chi connectivity index (χ0) is 12.3. The van der Waals surface area contributed by atoms with Crippen LogP contribution in [0.1, 0.15) is 32.3 Å². The Hall–Kier alpha value is -1.41. The molecule has 17 heavy (non-hydrogen) atoms. The van der Waals surface area contributed by atoms with Crippen LogP contribution in [0.4, 0.5) is 0 Å². The SMILES string of the molecule is CCNC(C)C(C)c1cccc2ccncc12. The van der Waals surface area contributed by atoms with Gasteiger partial charge in [-0.15, -0.1) is 0 Å². The van der Waals surface area contributed by atoms with E-state index in [1.54, 1.807) is 0 Å². The third kappa shape index (κ3) is 2.47. The van der Waals surface area contributed by atoms with E-state index in [1.807, 2.05) is 12.4 Å². The largest absolute Gasteiger partial charge is 0.314 e. The van der Waals surface area contributed by atoms with E-state index in [9.17, 15) is 0 Å². The number of pyridine rings is 1. The number of nitrogens with zero attached hydrogens (tertiary/aromatic N) is 1. The molecule has 0 amide bonds. The van der Waals surface area contributed by atoms with Gasteiger partial charge in [-0.25, -0.2) is 0 Å². The first-order valence-corrected chi connectivity index (χ1v) is 6.30. The Morgan fingerprint density at radius 2 is 2.06 bits per heavy atom. The van der Waals surface area contributed by atoms with Crippen molar-refractivity contribution in [1.29, 1.82) is 0 Å². The Kier molecular flexibility index (Phi) is 3.75. The summed E-state index contributed by atoms with van der Waals surface area (Å²) < 4.78 is 0. The lowest BCUT2D eigenvalue weighted by Crippen LogP contribution is -2.30. The predicted octanol–water partition coefficient (Wildman–Crippen LogP) is 3.34. The molecule has 2 nitrogen and oxygen atoms in total. The highest BCUT2D eigenvalue weighted by molar-refractivity contribution is 5.85. The highest BCUT2D eigenvalue weighted by Gasteiger charge is 2.15. The lowest BCUT2D eigenvalue weighted by atomic mass is 9.91. The van der Waals surface area contributed by atoms with Crippen LogP contribution in [0.2, 0.25) is 0 Å². The molecule has 0 aliphatic rings. The highest BCUT2D eigenvalue weighted by atomic mass is 14.9. The number of hydrogen-bond acceptors (Lipinski definition) is 2. The third-order valence-corrected chi connectivity index (χ3v) is 3.48. The maximum Gasteiger partial charge on any atom is 0.0349 e. The number of nitrogens with one attached hydrogen (secondary N) is 1. The van der Waals surface area contributed by atoms with Crippen LogP contribution in [0.25, 0.3) is 10.8 Å². The zero-order valence-corrected chi connectivity index (χ0v) is 10.8. The van der Waals surface area contributed by atoms with Crippen molar-refractivity contribution in [3.05, 3.63) is 42.2 Å². The molecule has 1 aromatic heterocycles. The second-order valence-corrected chi connectivity index (χ2v) is 4.58. The predicted molar refractivity (Wildman–Crippen MR) is 73.3 cm³/mol. The quantitative estimate of drug-likeness (QED) is 0.868. The van der Waals surface area contributed by atoms with Gasteiger partial charge >= 0.3 is 0 Å². The Balaban J connectivity index is 2.41. The maximum atomic E-state index is 4.24. The van der Waals surface area contributed by atoms with Gasteiger partial charge in [0.2, 0.25) is 0 Å². The lowest BCUT2D eigenvalue weighted by molar-refractivity contribution is 0.497. The second-order valence-electron chi connectivity index (χ2n) is 4.58. The molecule has 0 spiro atoms. The van der Waals surface area contributed by atoms with E-state index in [4.69, 9.17) is 0 Å². The molecule has 0 saturated heterocycles. The van der Waals surface area contributed by atoms with Gasteiger partial charge in [0.1, 0.15) is 0 Å². The number of likely N-dealkylation sites (N-methyl/N-ethyl adjacent to an activating group) is 1. The average molecular weight is 228 g/mol. The highest BCUT2D eigenvalue weighted by Crippen LogP contribution is 2.26. The van der Waals surface area contributed by atoms with Gasteiger partial charge in [-0.2, -0.15) is 0 Å². The van der Waals surface area contributed by atoms with Crippen molar-refractivity contribution in [2.75, 3.05) is 6.54 Å². The van der Waals surface area contributed by atoms with Gasteiger partial charge in [0, 0.05) is 23.8 Å². The van der Waals surface area contributed by atoms with Gasteiger partial charge in [-0.05, 0) is 36.4 Å². The molecule has 2 atom stereocenters. The van der Waals surface area contributed by atoms with Crippen LogP contribution in [0.15, 0.2) is 36.7 Å². The minimum atomic E-state index is 0.478. The number of benzene rings is 1. The van der Waals surface area contributed by atoms with Gasteiger partial charge in [-0.3, -0.25) is 4.98 Å². The fourth-order valence-corrected chi connectivity index (χ4v) is 2.30. The van der Waals surface area contributed by atoms with E-state index in [0.29, 0.717) is 12.0 Å². The summed E-state index contributed by atoms with van der Waals surface area (Å²) in [5, 5.41) is 6.03. The van der Waals surface area contributed by atoms with Crippen molar-refractivity contribution in [1.82, 2.24) is 10.3 Å². The summed E-state index contributed by atoms with van der Waals surface area (Å²) in [4.78, 5) is 4.24. The van der Waals surface area contributed by atoms with Crippen molar-refractivity contribution in [3.63, 3.8) is 0 Å². The second kappa shape index (κ2) is 5.28. The molecule has 2 unspecified atom stereocenters. The molecule has 0 aliphatic carbocycles. The molecule has 2 heteroatoms. The van der Waals surface area contributed by atoms with Crippen LogP contribution in [0, 0.1) is 0 Å². The number of aromatic nitrogens is 1. The molecule has 0 radical (unpaired) electrons. The van der Waals surface area contributed by atoms with Gasteiger partial charge in [0.15, 0.2) is 0 Å². The standard InChI is InChI=1S/C15H20N2/c1-4-17-12(3)11(2)14-7-5-6-13-8-9-16-10-15(13)14/h5-12,17H,4H2,1-3H3. The molecule has 1 aromatic carbocycles. The smallest absolute Gasteiger partial charge is 0.0349 e. The first kappa shape index (κ1) is 12.1. The van der Waals surface area contributed by atoms with Crippen molar-refractivity contribution in [2.45, 2.75) is 32.7 Å². The van der Waals surface area contributed by atoms with E-state index in [-0.39, 0.29) is 0 Å². The molecular formula is C15H20N2. The summed E-state index contributed by atoms with van der Waals surface area (Å²) in [5.41, 5.74) is 1.38. The van der Waals surface area contributed by atoms with Crippen LogP contribution in [-0.4, -0.2) is 17.6 Å². The minimum Gasteiger partial charge on any atom is -0.314 e. The van der Waals surface area contributed by atoms with E-state index >= 15 is 0 Å². The van der Waals surface area contributed by atoms with E-state index in [0.717, 1.165) is 6.54 Å². The summed E-state index contributed by atoms with van der Waals surface area (Å²) in [6.07, 6.45) is 3.82. The number of hydrogen-bond donors (Lipinski definition) is 1. The normalized spacial score (nSPS) is 14.8. The van der Waals surface area contributed by atoms with Gasteiger partial charge in [0.05, 0.1) is 0 Å². The number of rotatable bonds is 4. The molecule has 2 rings (SSSR count). The Bertz CT molecular complexity index is 488. The van der Waals surface area contributed by atoms with Crippen LogP contribution in [-0.2, 0) is 0 Å². The Morgan fingerprint density at radius 1 is 1.24 bits per heavy atom. The fourth-order valence-electron chi connectivity index (χ4n) is 2.30. The zero-order valence-electron chi connectivity index (χ0n) is 10.8. The molecule has 0 bridgehead atoms. The van der Waals surface area contributed by atoms with Crippen molar-refractivity contribution in [3.8, 4) is 0 Å². The van der Waals surface area contributed by atoms with E-state index in [2.05, 4.69) is 55.3 Å². The summed E-state index contributed by atoms with van der Waals surface area (Å²) in [5.74, 6) is 0.489. The maximum absolute atomic E-state index is 4.24. The molecule has 1 heterocycles. The molecular weight excluding hydrogens is 208 g/mol. The molecule has 90 valence electrons. The first-order chi connectivity index (χ1) is 8.24. The lowest BCUT2D eigenvalue weighted by Gasteiger charge is -2.22. The van der Waals surface area contributed by atoms with Gasteiger partial charge < -0.3 is 5.32 Å². The first-order valence-electron chi connectivity index (χ1n) is 6.30. The van der Waals surface area contributed by atoms with Crippen LogP contribution in [0.5, 0.6) is 0 Å². The van der Waals surface area contributed by atoms with Crippen LogP contribution >= 0.6 is 0 Å². The summed E-state index contributed by atoms with van der Waals surface area (Å²) >= 11 is 0. The average Bonchev–Trinajstić information content (AvgIpc) is 2.37. The summed E-state index contributed by atoms with van der Waals surface area (Å²) in [6, 6.07) is 9.04. The Morgan fingerprint density at radius 3 is 2.82 bits per heavy atom. The van der Waals surface area contributed by atoms with E-state index in [1.165, 1.54) is 16.3 Å². The monoisotopic (exact) mass is 228 g/mol. The van der Waals surface area contributed by atoms with Crippen molar-refractivity contribution < 1.29 is 0 Å². The van der Waals surface area contributed by atoms with Gasteiger partial charge in [-0.1, -0.05) is 32.0 Å². The minimum absolute atomic E-state index is 0.478. The molecule has 1 N–H and O–H groups in total. The Labute approximate surface area is 103 Å². The molecule has 2 aromatic rings. The van der Waals surface area contributed by atoms with Gasteiger partial charge in [0.25, 0.3) is 0 Å². The third-order valence-electron chi connectivity index (χ3n) is 3.48. The topological polar surface area (TPSA) is 24.9 Å². The fraction of sp³-hybridized carbons (Fsp3) is 0.400. The van der Waals surface area contributed by atoms with E-state index < -0.39 is 0 Å². The van der Waals surface area contributed by atoms with Crippen molar-refractivity contribution in [2.24, 2.45) is 0 Å². The summed E-state index contributed by atoms with van der Waals surface area (Å²) in [7, 11) is 0. The molecule has 0 fully saturated rings. The van der Waals surface area contributed by atoms with Crippen molar-refractivity contribution >= 4 is 10.8 Å². The summed E-state index contributed by atoms with van der Waals surface area (Å²) in [6.45, 7) is 7.67. The van der Waals surface area contributed by atoms with Crippen LogP contribution < -0.4 is 5.32 Å². The number of fused-ring (bicyclic) bond motifs is 1.